The lowest BCUT2D eigenvalue weighted by Crippen LogP contribution is -2.21. The predicted molar refractivity (Wildman–Crippen MR) is 62.2 cm³/mol. The van der Waals surface area contributed by atoms with Gasteiger partial charge in [-0.2, -0.15) is 13.2 Å². The number of aliphatic hydroxyl groups is 1. The molecule has 0 heterocycles. The van der Waals surface area contributed by atoms with E-state index in [1.807, 2.05) is 19.1 Å². The van der Waals surface area contributed by atoms with Gasteiger partial charge in [-0.3, -0.25) is 0 Å². The van der Waals surface area contributed by atoms with E-state index in [4.69, 9.17) is 4.74 Å². The van der Waals surface area contributed by atoms with E-state index < -0.39 is 31.4 Å². The second kappa shape index (κ2) is 6.20. The molecule has 0 bridgehead atoms. The molecule has 0 spiro atoms. The van der Waals surface area contributed by atoms with Crippen LogP contribution in [0.5, 0.6) is 0 Å². The zero-order chi connectivity index (χ0) is 13.8. The molecular formula is C13H17F3O2. The third kappa shape index (κ3) is 5.06. The molecule has 0 saturated heterocycles. The first kappa shape index (κ1) is 15.0. The maximum atomic E-state index is 11.9. The number of rotatable bonds is 5. The van der Waals surface area contributed by atoms with Gasteiger partial charge in [0.2, 0.25) is 0 Å². The minimum Gasteiger partial charge on any atom is -0.386 e. The van der Waals surface area contributed by atoms with Crippen molar-refractivity contribution in [3.8, 4) is 0 Å². The van der Waals surface area contributed by atoms with E-state index in [9.17, 15) is 18.3 Å². The van der Waals surface area contributed by atoms with E-state index in [2.05, 4.69) is 0 Å². The van der Waals surface area contributed by atoms with E-state index >= 15 is 0 Å². The van der Waals surface area contributed by atoms with Crippen LogP contribution in [0.15, 0.2) is 24.3 Å². The van der Waals surface area contributed by atoms with Crippen LogP contribution in [0.4, 0.5) is 13.2 Å². The molecule has 0 saturated carbocycles. The maximum absolute atomic E-state index is 11.9. The van der Waals surface area contributed by atoms with Crippen molar-refractivity contribution in [1.82, 2.24) is 0 Å². The summed E-state index contributed by atoms with van der Waals surface area (Å²) in [5.41, 5.74) is 1.69. The van der Waals surface area contributed by atoms with Crippen LogP contribution in [0.1, 0.15) is 30.6 Å². The molecule has 18 heavy (non-hydrogen) atoms. The van der Waals surface area contributed by atoms with Gasteiger partial charge < -0.3 is 9.84 Å². The summed E-state index contributed by atoms with van der Waals surface area (Å²) >= 11 is 0. The van der Waals surface area contributed by atoms with Crippen LogP contribution >= 0.6 is 0 Å². The predicted octanol–water partition coefficient (Wildman–Crippen LogP) is 3.39. The number of aryl methyl sites for hydroxylation is 1. The Hall–Kier alpha value is -1.07. The Morgan fingerprint density at radius 3 is 2.28 bits per heavy atom. The van der Waals surface area contributed by atoms with Gasteiger partial charge in [-0.1, -0.05) is 29.8 Å². The van der Waals surface area contributed by atoms with Crippen molar-refractivity contribution < 1.29 is 23.0 Å². The van der Waals surface area contributed by atoms with Crippen molar-refractivity contribution >= 4 is 0 Å². The summed E-state index contributed by atoms with van der Waals surface area (Å²) in [6.07, 6.45) is -6.82. The van der Waals surface area contributed by atoms with Crippen molar-refractivity contribution in [2.45, 2.75) is 38.7 Å². The first-order chi connectivity index (χ1) is 8.29. The molecule has 2 unspecified atom stereocenters. The van der Waals surface area contributed by atoms with Gasteiger partial charge in [0, 0.05) is 0 Å². The average Bonchev–Trinajstić information content (AvgIpc) is 2.27. The van der Waals surface area contributed by atoms with Crippen molar-refractivity contribution in [3.05, 3.63) is 35.4 Å². The molecule has 1 rings (SSSR count). The fraction of sp³-hybridized carbons (Fsp3) is 0.538. The van der Waals surface area contributed by atoms with E-state index in [0.717, 1.165) is 5.56 Å². The van der Waals surface area contributed by atoms with Crippen LogP contribution in [0.25, 0.3) is 0 Å². The fourth-order valence-electron chi connectivity index (χ4n) is 1.49. The fourth-order valence-corrected chi connectivity index (χ4v) is 1.49. The van der Waals surface area contributed by atoms with E-state index in [-0.39, 0.29) is 0 Å². The first-order valence-electron chi connectivity index (χ1n) is 5.72. The normalized spacial score (nSPS) is 15.4. The Morgan fingerprint density at radius 1 is 1.22 bits per heavy atom. The van der Waals surface area contributed by atoms with E-state index in [1.165, 1.54) is 0 Å². The average molecular weight is 262 g/mol. The monoisotopic (exact) mass is 262 g/mol. The number of hydrogen-bond acceptors (Lipinski definition) is 2. The summed E-state index contributed by atoms with van der Waals surface area (Å²) in [4.78, 5) is 0. The number of hydrogen-bond donors (Lipinski definition) is 1. The molecule has 1 aromatic carbocycles. The van der Waals surface area contributed by atoms with E-state index in [1.54, 1.807) is 19.1 Å². The van der Waals surface area contributed by atoms with Gasteiger partial charge in [0.15, 0.2) is 0 Å². The summed E-state index contributed by atoms with van der Waals surface area (Å²) in [6.45, 7) is 3.04. The quantitative estimate of drug-likeness (QED) is 0.881. The van der Waals surface area contributed by atoms with Crippen LogP contribution in [-0.4, -0.2) is 24.0 Å². The second-order valence-corrected chi connectivity index (χ2v) is 4.30. The summed E-state index contributed by atoms with van der Waals surface area (Å²) in [5, 5.41) is 9.90. The Labute approximate surface area is 104 Å². The molecule has 0 aliphatic heterocycles. The number of halogens is 3. The van der Waals surface area contributed by atoms with Gasteiger partial charge in [-0.15, -0.1) is 0 Å². The third-order valence-corrected chi connectivity index (χ3v) is 2.63. The molecule has 0 radical (unpaired) electrons. The van der Waals surface area contributed by atoms with Gasteiger partial charge in [-0.05, 0) is 19.4 Å². The smallest absolute Gasteiger partial charge is 0.386 e. The molecule has 0 fully saturated rings. The van der Waals surface area contributed by atoms with Crippen molar-refractivity contribution in [3.63, 3.8) is 0 Å². The Balaban J connectivity index is 2.46. The SMILES string of the molecule is Cc1ccc(C(O)C(C)OCCC(F)(F)F)cc1. The highest BCUT2D eigenvalue weighted by atomic mass is 19.4. The molecule has 0 aliphatic carbocycles. The largest absolute Gasteiger partial charge is 0.391 e. The second-order valence-electron chi connectivity index (χ2n) is 4.30. The summed E-state index contributed by atoms with van der Waals surface area (Å²) in [5.74, 6) is 0. The highest BCUT2D eigenvalue weighted by molar-refractivity contribution is 5.23. The number of benzene rings is 1. The minimum atomic E-state index is -4.23. The number of ether oxygens (including phenoxy) is 1. The Bertz CT molecular complexity index is 359. The maximum Gasteiger partial charge on any atom is 0.391 e. The van der Waals surface area contributed by atoms with Crippen LogP contribution in [0.3, 0.4) is 0 Å². The van der Waals surface area contributed by atoms with Crippen LogP contribution < -0.4 is 0 Å². The molecule has 102 valence electrons. The van der Waals surface area contributed by atoms with Crippen molar-refractivity contribution in [1.29, 1.82) is 0 Å². The Kier molecular flexibility index (Phi) is 5.16. The Morgan fingerprint density at radius 2 is 1.78 bits per heavy atom. The van der Waals surface area contributed by atoms with Crippen LogP contribution in [0.2, 0.25) is 0 Å². The molecule has 0 aromatic heterocycles. The molecule has 0 aliphatic rings. The van der Waals surface area contributed by atoms with Crippen LogP contribution in [-0.2, 0) is 4.74 Å². The van der Waals surface area contributed by atoms with Gasteiger partial charge in [0.05, 0.1) is 19.1 Å². The first-order valence-corrected chi connectivity index (χ1v) is 5.72. The van der Waals surface area contributed by atoms with Gasteiger partial charge in [0.1, 0.15) is 6.10 Å². The molecule has 2 nitrogen and oxygen atoms in total. The summed E-state index contributed by atoms with van der Waals surface area (Å²) in [6, 6.07) is 7.15. The molecule has 2 atom stereocenters. The zero-order valence-electron chi connectivity index (χ0n) is 10.4. The molecule has 0 amide bonds. The lowest BCUT2D eigenvalue weighted by molar-refractivity contribution is -0.153. The minimum absolute atomic E-state index is 0.437. The van der Waals surface area contributed by atoms with Gasteiger partial charge >= 0.3 is 6.18 Å². The standard InChI is InChI=1S/C13H17F3O2/c1-9-3-5-11(6-4-9)12(17)10(2)18-8-7-13(14,15)16/h3-6,10,12,17H,7-8H2,1-2H3. The van der Waals surface area contributed by atoms with E-state index in [0.29, 0.717) is 5.56 Å². The van der Waals surface area contributed by atoms with Crippen LogP contribution in [0, 0.1) is 6.92 Å². The lowest BCUT2D eigenvalue weighted by Gasteiger charge is -2.20. The zero-order valence-corrected chi connectivity index (χ0v) is 10.4. The van der Waals surface area contributed by atoms with Gasteiger partial charge in [0.25, 0.3) is 0 Å². The molecular weight excluding hydrogens is 245 g/mol. The molecule has 1 aromatic rings. The third-order valence-electron chi connectivity index (χ3n) is 2.63. The lowest BCUT2D eigenvalue weighted by atomic mass is 10.0. The number of aliphatic hydroxyl groups excluding tert-OH is 1. The summed E-state index contributed by atoms with van der Waals surface area (Å²) in [7, 11) is 0. The van der Waals surface area contributed by atoms with Crippen molar-refractivity contribution in [2.24, 2.45) is 0 Å². The molecule has 1 N–H and O–H groups in total. The molecule has 5 heteroatoms. The van der Waals surface area contributed by atoms with Crippen molar-refractivity contribution in [2.75, 3.05) is 6.61 Å². The topological polar surface area (TPSA) is 29.5 Å². The number of alkyl halides is 3. The van der Waals surface area contributed by atoms with Gasteiger partial charge in [-0.25, -0.2) is 0 Å². The highest BCUT2D eigenvalue weighted by Gasteiger charge is 2.27. The highest BCUT2D eigenvalue weighted by Crippen LogP contribution is 2.22. The summed E-state index contributed by atoms with van der Waals surface area (Å²) < 4.78 is 40.8.